The third-order valence-corrected chi connectivity index (χ3v) is 3.60. The first-order valence-electron chi connectivity index (χ1n) is 5.54. The Morgan fingerprint density at radius 2 is 2.33 bits per heavy atom. The number of pyridine rings is 1. The summed E-state index contributed by atoms with van der Waals surface area (Å²) in [5, 5.41) is 9.26. The smallest absolute Gasteiger partial charge is 0.324 e. The second-order valence-electron chi connectivity index (χ2n) is 4.17. The van der Waals surface area contributed by atoms with E-state index >= 15 is 0 Å². The topological polar surface area (TPSA) is 76.5 Å². The van der Waals surface area contributed by atoms with Crippen LogP contribution >= 0.6 is 15.9 Å². The Hall–Kier alpha value is -1.43. The fourth-order valence-corrected chi connectivity index (χ4v) is 2.30. The Morgan fingerprint density at radius 3 is 2.83 bits per heavy atom. The molecule has 2 atom stereocenters. The second-order valence-corrected chi connectivity index (χ2v) is 4.98. The van der Waals surface area contributed by atoms with E-state index in [9.17, 15) is 14.7 Å². The Morgan fingerprint density at radius 1 is 1.61 bits per heavy atom. The maximum atomic E-state index is 11.8. The lowest BCUT2D eigenvalue weighted by Crippen LogP contribution is -2.29. The quantitative estimate of drug-likeness (QED) is 0.522. The third kappa shape index (κ3) is 2.01. The molecule has 0 aromatic carbocycles. The SMILES string of the molecule is CCOC(=O)C1(C(=O)O)CC1c1ccc(Br)nc1. The molecule has 1 aliphatic carbocycles. The predicted octanol–water partition coefficient (Wildman–Crippen LogP) is 1.97. The first-order chi connectivity index (χ1) is 8.52. The molecule has 0 amide bonds. The monoisotopic (exact) mass is 313 g/mol. The molecule has 1 aliphatic rings. The molecule has 0 bridgehead atoms. The molecule has 1 saturated carbocycles. The summed E-state index contributed by atoms with van der Waals surface area (Å²) in [6, 6.07) is 3.50. The standard InChI is InChI=1S/C12H12BrNO4/c1-2-18-11(17)12(10(15)16)5-8(12)7-3-4-9(13)14-6-7/h3-4,6,8H,2,5H2,1H3,(H,15,16). The van der Waals surface area contributed by atoms with Crippen LogP contribution in [-0.4, -0.2) is 28.6 Å². The summed E-state index contributed by atoms with van der Waals surface area (Å²) in [5.74, 6) is -2.14. The van der Waals surface area contributed by atoms with Crippen LogP contribution < -0.4 is 0 Å². The van der Waals surface area contributed by atoms with Crippen molar-refractivity contribution in [3.63, 3.8) is 0 Å². The Balaban J connectivity index is 2.25. The molecule has 6 heteroatoms. The number of esters is 1. The zero-order chi connectivity index (χ0) is 13.3. The van der Waals surface area contributed by atoms with Crippen molar-refractivity contribution in [3.8, 4) is 0 Å². The van der Waals surface area contributed by atoms with Gasteiger partial charge in [-0.1, -0.05) is 6.07 Å². The highest BCUT2D eigenvalue weighted by molar-refractivity contribution is 9.10. The van der Waals surface area contributed by atoms with Gasteiger partial charge in [0.05, 0.1) is 6.61 Å². The minimum absolute atomic E-state index is 0.180. The van der Waals surface area contributed by atoms with Crippen LogP contribution in [0.3, 0.4) is 0 Å². The van der Waals surface area contributed by atoms with Gasteiger partial charge in [0.1, 0.15) is 4.60 Å². The van der Waals surface area contributed by atoms with E-state index in [1.54, 1.807) is 25.3 Å². The van der Waals surface area contributed by atoms with Crippen LogP contribution in [0.5, 0.6) is 0 Å². The molecule has 2 unspecified atom stereocenters. The van der Waals surface area contributed by atoms with Crippen molar-refractivity contribution in [3.05, 3.63) is 28.5 Å². The predicted molar refractivity (Wildman–Crippen MR) is 66.0 cm³/mol. The van der Waals surface area contributed by atoms with Crippen molar-refractivity contribution >= 4 is 27.9 Å². The average molecular weight is 314 g/mol. The van der Waals surface area contributed by atoms with Gasteiger partial charge in [0.25, 0.3) is 0 Å². The summed E-state index contributed by atoms with van der Waals surface area (Å²) in [7, 11) is 0. The second kappa shape index (κ2) is 4.68. The van der Waals surface area contributed by atoms with Gasteiger partial charge >= 0.3 is 11.9 Å². The van der Waals surface area contributed by atoms with Gasteiger partial charge in [0.15, 0.2) is 5.41 Å². The molecule has 1 fully saturated rings. The van der Waals surface area contributed by atoms with E-state index in [-0.39, 0.29) is 18.9 Å². The largest absolute Gasteiger partial charge is 0.480 e. The zero-order valence-electron chi connectivity index (χ0n) is 9.72. The summed E-state index contributed by atoms with van der Waals surface area (Å²) in [6.07, 6.45) is 1.85. The number of carbonyl (C=O) groups is 2. The van der Waals surface area contributed by atoms with E-state index in [1.165, 1.54) is 0 Å². The highest BCUT2D eigenvalue weighted by Gasteiger charge is 2.68. The fraction of sp³-hybridized carbons (Fsp3) is 0.417. The van der Waals surface area contributed by atoms with E-state index in [0.717, 1.165) is 5.56 Å². The maximum Gasteiger partial charge on any atom is 0.324 e. The lowest BCUT2D eigenvalue weighted by Gasteiger charge is -2.11. The molecular formula is C12H12BrNO4. The van der Waals surface area contributed by atoms with E-state index in [0.29, 0.717) is 4.60 Å². The summed E-state index contributed by atoms with van der Waals surface area (Å²) in [6.45, 7) is 1.84. The Labute approximate surface area is 112 Å². The molecule has 1 aromatic heterocycles. The normalized spacial score (nSPS) is 25.6. The zero-order valence-corrected chi connectivity index (χ0v) is 11.3. The summed E-state index contributed by atoms with van der Waals surface area (Å²) in [4.78, 5) is 27.1. The summed E-state index contributed by atoms with van der Waals surface area (Å²) < 4.78 is 5.53. The van der Waals surface area contributed by atoms with Crippen LogP contribution in [0.1, 0.15) is 24.8 Å². The number of halogens is 1. The van der Waals surface area contributed by atoms with Crippen molar-refractivity contribution in [2.45, 2.75) is 19.3 Å². The first kappa shape index (κ1) is 13.0. The van der Waals surface area contributed by atoms with Gasteiger partial charge in [0, 0.05) is 12.1 Å². The van der Waals surface area contributed by atoms with Crippen LogP contribution in [0.25, 0.3) is 0 Å². The molecule has 2 rings (SSSR count). The maximum absolute atomic E-state index is 11.8. The Kier molecular flexibility index (Phi) is 3.38. The highest BCUT2D eigenvalue weighted by atomic mass is 79.9. The van der Waals surface area contributed by atoms with Gasteiger partial charge in [-0.2, -0.15) is 0 Å². The molecule has 1 heterocycles. The van der Waals surface area contributed by atoms with Crippen LogP contribution in [-0.2, 0) is 14.3 Å². The lowest BCUT2D eigenvalue weighted by molar-refractivity contribution is -0.161. The molecule has 5 nitrogen and oxygen atoms in total. The number of ether oxygens (including phenoxy) is 1. The van der Waals surface area contributed by atoms with Crippen LogP contribution in [0, 0.1) is 5.41 Å². The first-order valence-corrected chi connectivity index (χ1v) is 6.33. The fourth-order valence-electron chi connectivity index (χ4n) is 2.07. The average Bonchev–Trinajstić information content (AvgIpc) is 3.07. The van der Waals surface area contributed by atoms with E-state index < -0.39 is 17.4 Å². The van der Waals surface area contributed by atoms with Gasteiger partial charge in [-0.15, -0.1) is 0 Å². The molecule has 1 N–H and O–H groups in total. The van der Waals surface area contributed by atoms with Crippen LogP contribution in [0.15, 0.2) is 22.9 Å². The van der Waals surface area contributed by atoms with Gasteiger partial charge in [-0.25, -0.2) is 4.98 Å². The van der Waals surface area contributed by atoms with Crippen LogP contribution in [0.2, 0.25) is 0 Å². The summed E-state index contributed by atoms with van der Waals surface area (Å²) in [5.41, 5.74) is -0.681. The van der Waals surface area contributed by atoms with E-state index in [1.807, 2.05) is 0 Å². The molecular weight excluding hydrogens is 302 g/mol. The number of nitrogens with zero attached hydrogens (tertiary/aromatic N) is 1. The molecule has 18 heavy (non-hydrogen) atoms. The van der Waals surface area contributed by atoms with Crippen molar-refractivity contribution in [2.75, 3.05) is 6.61 Å². The number of aliphatic carboxylic acids is 1. The number of carbonyl (C=O) groups excluding carboxylic acids is 1. The van der Waals surface area contributed by atoms with Crippen molar-refractivity contribution in [2.24, 2.45) is 5.41 Å². The molecule has 0 radical (unpaired) electrons. The number of carboxylic acids is 1. The number of rotatable bonds is 4. The number of aromatic nitrogens is 1. The molecule has 0 spiro atoms. The highest BCUT2D eigenvalue weighted by Crippen LogP contribution is 2.60. The minimum Gasteiger partial charge on any atom is -0.480 e. The van der Waals surface area contributed by atoms with Crippen molar-refractivity contribution < 1.29 is 19.4 Å². The molecule has 1 aromatic rings. The van der Waals surface area contributed by atoms with E-state index in [4.69, 9.17) is 4.74 Å². The third-order valence-electron chi connectivity index (χ3n) is 3.13. The number of hydrogen-bond donors (Lipinski definition) is 1. The summed E-state index contributed by atoms with van der Waals surface area (Å²) >= 11 is 3.21. The van der Waals surface area contributed by atoms with E-state index in [2.05, 4.69) is 20.9 Å². The Bertz CT molecular complexity index is 487. The molecule has 0 aliphatic heterocycles. The molecule has 96 valence electrons. The number of hydrogen-bond acceptors (Lipinski definition) is 4. The van der Waals surface area contributed by atoms with Gasteiger partial charge in [-0.3, -0.25) is 9.59 Å². The van der Waals surface area contributed by atoms with Crippen LogP contribution in [0.4, 0.5) is 0 Å². The van der Waals surface area contributed by atoms with Gasteiger partial charge < -0.3 is 9.84 Å². The van der Waals surface area contributed by atoms with Crippen molar-refractivity contribution in [1.29, 1.82) is 0 Å². The molecule has 0 saturated heterocycles. The van der Waals surface area contributed by atoms with Crippen molar-refractivity contribution in [1.82, 2.24) is 4.98 Å². The minimum atomic E-state index is -1.43. The number of carboxylic acid groups (broad SMARTS) is 1. The van der Waals surface area contributed by atoms with Gasteiger partial charge in [-0.05, 0) is 40.9 Å². The van der Waals surface area contributed by atoms with Gasteiger partial charge in [0.2, 0.25) is 0 Å². The lowest BCUT2D eigenvalue weighted by atomic mass is 10.0.